The van der Waals surface area contributed by atoms with Gasteiger partial charge in [0, 0.05) is 18.5 Å². The molecule has 94 valence electrons. The van der Waals surface area contributed by atoms with Crippen LogP contribution in [0.3, 0.4) is 0 Å². The number of nitrogens with zero attached hydrogens (tertiary/aromatic N) is 1. The predicted octanol–water partition coefficient (Wildman–Crippen LogP) is 2.67. The molecule has 0 aromatic heterocycles. The largest absolute Gasteiger partial charge is 0.393 e. The lowest BCUT2D eigenvalue weighted by Gasteiger charge is -2.38. The van der Waals surface area contributed by atoms with Gasteiger partial charge in [-0.2, -0.15) is 0 Å². The monoisotopic (exact) mass is 242 g/mol. The predicted molar refractivity (Wildman–Crippen MR) is 74.5 cm³/mol. The van der Waals surface area contributed by atoms with E-state index in [0.717, 1.165) is 24.4 Å². The van der Waals surface area contributed by atoms with Gasteiger partial charge in [0.25, 0.3) is 0 Å². The van der Waals surface area contributed by atoms with Gasteiger partial charge in [-0.05, 0) is 38.1 Å². The summed E-state index contributed by atoms with van der Waals surface area (Å²) in [4.78, 5) is 3.10. The molecule has 0 bridgehead atoms. The van der Waals surface area contributed by atoms with E-state index >= 15 is 0 Å². The summed E-state index contributed by atoms with van der Waals surface area (Å²) in [6, 6.07) is 0.718. The van der Waals surface area contributed by atoms with Crippen LogP contribution in [0.25, 0.3) is 0 Å². The van der Waals surface area contributed by atoms with E-state index in [9.17, 15) is 0 Å². The maximum Gasteiger partial charge on any atom is 0.0768 e. The minimum Gasteiger partial charge on any atom is -0.393 e. The summed E-state index contributed by atoms with van der Waals surface area (Å²) in [6.45, 7) is 7.86. The van der Waals surface area contributed by atoms with E-state index in [2.05, 4.69) is 32.7 Å². The van der Waals surface area contributed by atoms with Gasteiger partial charge in [-0.3, -0.25) is 0 Å². The van der Waals surface area contributed by atoms with E-state index in [1.165, 1.54) is 19.3 Å². The minimum atomic E-state index is 0.326. The summed E-state index contributed by atoms with van der Waals surface area (Å²) >= 11 is 5.04. The zero-order chi connectivity index (χ0) is 12.3. The van der Waals surface area contributed by atoms with Crippen LogP contribution >= 0.6 is 12.2 Å². The van der Waals surface area contributed by atoms with Gasteiger partial charge in [-0.15, -0.1) is 0 Å². The first-order valence-electron chi connectivity index (χ1n) is 6.39. The summed E-state index contributed by atoms with van der Waals surface area (Å²) in [7, 11) is 2.21. The van der Waals surface area contributed by atoms with Crippen molar-refractivity contribution in [2.24, 2.45) is 23.5 Å². The Morgan fingerprint density at radius 1 is 1.31 bits per heavy atom. The van der Waals surface area contributed by atoms with Gasteiger partial charge in [0.1, 0.15) is 0 Å². The summed E-state index contributed by atoms with van der Waals surface area (Å²) in [5.74, 6) is 2.04. The Hall–Kier alpha value is -0.150. The third-order valence-electron chi connectivity index (χ3n) is 3.82. The SMILES string of the molecule is CC1CC(C)CC(N(C)CC(C)C(N)=S)C1. The van der Waals surface area contributed by atoms with Crippen LogP contribution in [0, 0.1) is 17.8 Å². The van der Waals surface area contributed by atoms with Crippen LogP contribution in [0.15, 0.2) is 0 Å². The second-order valence-electron chi connectivity index (χ2n) is 5.81. The number of thiocarbonyl (C=S) groups is 1. The average molecular weight is 242 g/mol. The van der Waals surface area contributed by atoms with Crippen LogP contribution in [0.5, 0.6) is 0 Å². The minimum absolute atomic E-state index is 0.326. The van der Waals surface area contributed by atoms with E-state index in [1.54, 1.807) is 0 Å². The number of rotatable bonds is 4. The van der Waals surface area contributed by atoms with Gasteiger partial charge in [0.2, 0.25) is 0 Å². The standard InChI is InChI=1S/C13H26N2S/c1-9-5-10(2)7-12(6-9)15(4)8-11(3)13(14)16/h9-12H,5-8H2,1-4H3,(H2,14,16). The van der Waals surface area contributed by atoms with Crippen molar-refractivity contribution < 1.29 is 0 Å². The molecule has 3 atom stereocenters. The first kappa shape index (κ1) is 13.9. The second kappa shape index (κ2) is 5.97. The second-order valence-corrected chi connectivity index (χ2v) is 6.29. The number of hydrogen-bond donors (Lipinski definition) is 1. The molecular formula is C13H26N2S. The molecule has 2 nitrogen and oxygen atoms in total. The van der Waals surface area contributed by atoms with Crippen molar-refractivity contribution in [3.63, 3.8) is 0 Å². The number of nitrogens with two attached hydrogens (primary N) is 1. The first-order valence-corrected chi connectivity index (χ1v) is 6.80. The Morgan fingerprint density at radius 2 is 1.81 bits per heavy atom. The average Bonchev–Trinajstić information content (AvgIpc) is 2.15. The highest BCUT2D eigenvalue weighted by molar-refractivity contribution is 7.80. The third kappa shape index (κ3) is 4.02. The van der Waals surface area contributed by atoms with Crippen molar-refractivity contribution in [2.75, 3.05) is 13.6 Å². The normalized spacial score (nSPS) is 32.7. The molecular weight excluding hydrogens is 216 g/mol. The molecule has 1 aliphatic carbocycles. The lowest BCUT2D eigenvalue weighted by atomic mass is 9.80. The van der Waals surface area contributed by atoms with Crippen LogP contribution in [-0.2, 0) is 0 Å². The molecule has 0 radical (unpaired) electrons. The topological polar surface area (TPSA) is 29.3 Å². The quantitative estimate of drug-likeness (QED) is 0.769. The Balaban J connectivity index is 2.46. The highest BCUT2D eigenvalue weighted by Crippen LogP contribution is 2.31. The molecule has 2 N–H and O–H groups in total. The first-order chi connectivity index (χ1) is 7.40. The zero-order valence-electron chi connectivity index (χ0n) is 11.1. The third-order valence-corrected chi connectivity index (χ3v) is 4.23. The molecule has 3 heteroatoms. The van der Waals surface area contributed by atoms with E-state index in [4.69, 9.17) is 18.0 Å². The molecule has 0 saturated heterocycles. The van der Waals surface area contributed by atoms with Gasteiger partial charge in [0.15, 0.2) is 0 Å². The van der Waals surface area contributed by atoms with Crippen molar-refractivity contribution in [1.82, 2.24) is 4.90 Å². The summed E-state index contributed by atoms with van der Waals surface area (Å²) in [6.07, 6.45) is 4.03. The molecule has 1 fully saturated rings. The van der Waals surface area contributed by atoms with Crippen molar-refractivity contribution in [2.45, 2.75) is 46.1 Å². The van der Waals surface area contributed by atoms with Gasteiger partial charge in [-0.25, -0.2) is 0 Å². The maximum atomic E-state index is 5.67. The fourth-order valence-electron chi connectivity index (χ4n) is 2.94. The van der Waals surface area contributed by atoms with Gasteiger partial charge >= 0.3 is 0 Å². The van der Waals surface area contributed by atoms with Crippen molar-refractivity contribution >= 4 is 17.2 Å². The van der Waals surface area contributed by atoms with Crippen molar-refractivity contribution in [1.29, 1.82) is 0 Å². The van der Waals surface area contributed by atoms with E-state index in [0.29, 0.717) is 10.9 Å². The summed E-state index contributed by atoms with van der Waals surface area (Å²) in [5, 5.41) is 0. The van der Waals surface area contributed by atoms with E-state index in [-0.39, 0.29) is 0 Å². The van der Waals surface area contributed by atoms with Crippen molar-refractivity contribution in [3.8, 4) is 0 Å². The fraction of sp³-hybridized carbons (Fsp3) is 0.923. The lowest BCUT2D eigenvalue weighted by molar-refractivity contribution is 0.128. The Labute approximate surface area is 106 Å². The summed E-state index contributed by atoms with van der Waals surface area (Å²) < 4.78 is 0. The molecule has 1 saturated carbocycles. The molecule has 16 heavy (non-hydrogen) atoms. The van der Waals surface area contributed by atoms with Crippen LogP contribution in [-0.4, -0.2) is 29.5 Å². The molecule has 0 aliphatic heterocycles. The molecule has 0 heterocycles. The van der Waals surface area contributed by atoms with Crippen LogP contribution in [0.1, 0.15) is 40.0 Å². The van der Waals surface area contributed by atoms with Crippen LogP contribution in [0.2, 0.25) is 0 Å². The van der Waals surface area contributed by atoms with E-state index in [1.807, 2.05) is 0 Å². The number of hydrogen-bond acceptors (Lipinski definition) is 2. The molecule has 1 aliphatic rings. The Morgan fingerprint density at radius 3 is 2.25 bits per heavy atom. The molecule has 3 unspecified atom stereocenters. The molecule has 1 rings (SSSR count). The van der Waals surface area contributed by atoms with Gasteiger partial charge in [-0.1, -0.05) is 33.0 Å². The fourth-order valence-corrected chi connectivity index (χ4v) is 3.01. The van der Waals surface area contributed by atoms with Crippen LogP contribution < -0.4 is 5.73 Å². The van der Waals surface area contributed by atoms with Crippen molar-refractivity contribution in [3.05, 3.63) is 0 Å². The summed E-state index contributed by atoms with van der Waals surface area (Å²) in [5.41, 5.74) is 5.67. The maximum absolute atomic E-state index is 5.67. The van der Waals surface area contributed by atoms with E-state index < -0.39 is 0 Å². The van der Waals surface area contributed by atoms with Gasteiger partial charge < -0.3 is 10.6 Å². The molecule has 0 amide bonds. The zero-order valence-corrected chi connectivity index (χ0v) is 11.9. The molecule has 0 spiro atoms. The highest BCUT2D eigenvalue weighted by Gasteiger charge is 2.27. The lowest BCUT2D eigenvalue weighted by Crippen LogP contribution is -2.42. The van der Waals surface area contributed by atoms with Gasteiger partial charge in [0.05, 0.1) is 4.99 Å². The molecule has 0 aromatic rings. The van der Waals surface area contributed by atoms with Crippen LogP contribution in [0.4, 0.5) is 0 Å². The Bertz CT molecular complexity index is 232. The highest BCUT2D eigenvalue weighted by atomic mass is 32.1. The Kier molecular flexibility index (Phi) is 5.19. The molecule has 0 aromatic carbocycles. The smallest absolute Gasteiger partial charge is 0.0768 e.